The summed E-state index contributed by atoms with van der Waals surface area (Å²) in [4.78, 5) is 17.3. The van der Waals surface area contributed by atoms with Crippen LogP contribution >= 0.6 is 0 Å². The van der Waals surface area contributed by atoms with Gasteiger partial charge in [-0.05, 0) is 37.9 Å². The van der Waals surface area contributed by atoms with E-state index in [1.807, 2.05) is 0 Å². The van der Waals surface area contributed by atoms with Crippen LogP contribution in [0.4, 0.5) is 11.5 Å². The molecule has 1 aliphatic heterocycles. The molecule has 110 valence electrons. The van der Waals surface area contributed by atoms with E-state index in [9.17, 15) is 4.79 Å². The maximum absolute atomic E-state index is 10.8. The molecule has 6 heteroatoms. The van der Waals surface area contributed by atoms with Gasteiger partial charge >= 0.3 is 5.97 Å². The Balaban J connectivity index is 1.85. The van der Waals surface area contributed by atoms with Gasteiger partial charge in [0.25, 0.3) is 0 Å². The van der Waals surface area contributed by atoms with Crippen molar-refractivity contribution in [1.29, 1.82) is 0 Å². The number of carboxylic acid groups (broad SMARTS) is 1. The number of hydrogen-bond donors (Lipinski definition) is 3. The molecule has 0 spiro atoms. The van der Waals surface area contributed by atoms with Gasteiger partial charge in [0.2, 0.25) is 0 Å². The second-order valence-corrected chi connectivity index (χ2v) is 5.46. The molecule has 0 amide bonds. The van der Waals surface area contributed by atoms with Crippen LogP contribution in [0.5, 0.6) is 0 Å². The molecule has 2 rings (SSSR count). The minimum absolute atomic E-state index is 0.109. The molecule has 1 atom stereocenters. The van der Waals surface area contributed by atoms with E-state index in [1.165, 1.54) is 38.2 Å². The largest absolute Gasteiger partial charge is 0.478 e. The van der Waals surface area contributed by atoms with E-state index in [0.29, 0.717) is 17.4 Å². The molecule has 4 N–H and O–H groups in total. The highest BCUT2D eigenvalue weighted by molar-refractivity contribution is 5.89. The van der Waals surface area contributed by atoms with Gasteiger partial charge < -0.3 is 21.1 Å². The maximum Gasteiger partial charge on any atom is 0.337 e. The van der Waals surface area contributed by atoms with Crippen molar-refractivity contribution in [3.8, 4) is 0 Å². The van der Waals surface area contributed by atoms with Gasteiger partial charge in [-0.25, -0.2) is 9.78 Å². The summed E-state index contributed by atoms with van der Waals surface area (Å²) in [5.74, 6) is 0.0369. The molecule has 0 bridgehead atoms. The lowest BCUT2D eigenvalue weighted by Gasteiger charge is -2.21. The Morgan fingerprint density at radius 2 is 2.25 bits per heavy atom. The molecule has 0 saturated carbocycles. The first-order valence-corrected chi connectivity index (χ1v) is 7.01. The van der Waals surface area contributed by atoms with E-state index < -0.39 is 5.97 Å². The minimum atomic E-state index is -1.02. The third-order valence-corrected chi connectivity index (χ3v) is 3.55. The monoisotopic (exact) mass is 278 g/mol. The van der Waals surface area contributed by atoms with Crippen LogP contribution in [0.3, 0.4) is 0 Å². The fraction of sp³-hybridized carbons (Fsp3) is 0.571. The second kappa shape index (κ2) is 6.56. The normalized spacial score (nSPS) is 17.1. The molecule has 6 nitrogen and oxygen atoms in total. The molecule has 1 aromatic rings. The van der Waals surface area contributed by atoms with Crippen LogP contribution in [-0.4, -0.2) is 47.1 Å². The number of carboxylic acids is 1. The molecule has 1 saturated heterocycles. The van der Waals surface area contributed by atoms with Gasteiger partial charge in [-0.3, -0.25) is 0 Å². The fourth-order valence-electron chi connectivity index (χ4n) is 2.49. The van der Waals surface area contributed by atoms with E-state index in [2.05, 4.69) is 22.1 Å². The Kier molecular flexibility index (Phi) is 4.79. The average molecular weight is 278 g/mol. The third-order valence-electron chi connectivity index (χ3n) is 3.55. The third kappa shape index (κ3) is 3.84. The number of nitrogens with zero attached hydrogens (tertiary/aromatic N) is 2. The topological polar surface area (TPSA) is 91.5 Å². The minimum Gasteiger partial charge on any atom is -0.478 e. The van der Waals surface area contributed by atoms with Crippen molar-refractivity contribution in [2.45, 2.75) is 19.8 Å². The Labute approximate surface area is 119 Å². The first kappa shape index (κ1) is 14.6. The van der Waals surface area contributed by atoms with Crippen LogP contribution in [0.1, 0.15) is 30.1 Å². The maximum atomic E-state index is 10.8. The van der Waals surface area contributed by atoms with Gasteiger partial charge in [0.15, 0.2) is 0 Å². The number of carbonyl (C=O) groups is 1. The summed E-state index contributed by atoms with van der Waals surface area (Å²) in [5, 5.41) is 12.1. The number of likely N-dealkylation sites (tertiary alicyclic amines) is 1. The summed E-state index contributed by atoms with van der Waals surface area (Å²) in [7, 11) is 0. The molecular weight excluding hydrogens is 256 g/mol. The van der Waals surface area contributed by atoms with Crippen LogP contribution in [0.25, 0.3) is 0 Å². The van der Waals surface area contributed by atoms with Gasteiger partial charge in [0, 0.05) is 19.3 Å². The predicted octanol–water partition coefficient (Wildman–Crippen LogP) is 1.51. The Morgan fingerprint density at radius 3 is 2.85 bits per heavy atom. The molecule has 0 radical (unpaired) electrons. The zero-order chi connectivity index (χ0) is 14.5. The lowest BCUT2D eigenvalue weighted by molar-refractivity contribution is 0.0696. The van der Waals surface area contributed by atoms with Crippen molar-refractivity contribution in [2.24, 2.45) is 5.92 Å². The SMILES string of the molecule is CC(CNc1ncc(C(=O)O)cc1N)CN1CCCC1. The number of rotatable bonds is 6. The fourth-order valence-corrected chi connectivity index (χ4v) is 2.49. The smallest absolute Gasteiger partial charge is 0.337 e. The molecule has 0 aliphatic carbocycles. The lowest BCUT2D eigenvalue weighted by atomic mass is 10.1. The van der Waals surface area contributed by atoms with E-state index in [0.717, 1.165) is 13.1 Å². The predicted molar refractivity (Wildman–Crippen MR) is 78.9 cm³/mol. The summed E-state index contributed by atoms with van der Waals surface area (Å²) in [6, 6.07) is 1.43. The highest BCUT2D eigenvalue weighted by Crippen LogP contribution is 2.17. The number of aromatic nitrogens is 1. The van der Waals surface area contributed by atoms with Gasteiger partial charge in [-0.2, -0.15) is 0 Å². The number of anilines is 2. The first-order chi connectivity index (χ1) is 9.56. The van der Waals surface area contributed by atoms with Crippen molar-refractivity contribution in [1.82, 2.24) is 9.88 Å². The number of pyridine rings is 1. The van der Waals surface area contributed by atoms with Crippen molar-refractivity contribution in [2.75, 3.05) is 37.2 Å². The molecular formula is C14H22N4O2. The van der Waals surface area contributed by atoms with Gasteiger partial charge in [-0.1, -0.05) is 6.92 Å². The van der Waals surface area contributed by atoms with Crippen molar-refractivity contribution in [3.05, 3.63) is 17.8 Å². The van der Waals surface area contributed by atoms with Crippen LogP contribution in [-0.2, 0) is 0 Å². The van der Waals surface area contributed by atoms with Gasteiger partial charge in [0.05, 0.1) is 11.3 Å². The number of nitrogens with one attached hydrogen (secondary N) is 1. The van der Waals surface area contributed by atoms with Gasteiger partial charge in [0.1, 0.15) is 5.82 Å². The zero-order valence-electron chi connectivity index (χ0n) is 11.8. The van der Waals surface area contributed by atoms with E-state index in [4.69, 9.17) is 10.8 Å². The van der Waals surface area contributed by atoms with E-state index in [1.54, 1.807) is 0 Å². The van der Waals surface area contributed by atoms with Crippen LogP contribution in [0.15, 0.2) is 12.3 Å². The van der Waals surface area contributed by atoms with Crippen molar-refractivity contribution >= 4 is 17.5 Å². The van der Waals surface area contributed by atoms with E-state index in [-0.39, 0.29) is 5.56 Å². The lowest BCUT2D eigenvalue weighted by Crippen LogP contribution is -2.29. The summed E-state index contributed by atoms with van der Waals surface area (Å²) in [6.45, 7) is 6.42. The van der Waals surface area contributed by atoms with Gasteiger partial charge in [-0.15, -0.1) is 0 Å². The highest BCUT2D eigenvalue weighted by atomic mass is 16.4. The quantitative estimate of drug-likeness (QED) is 0.730. The summed E-state index contributed by atoms with van der Waals surface area (Å²) in [5.41, 5.74) is 6.29. The molecule has 1 aliphatic rings. The van der Waals surface area contributed by atoms with Crippen LogP contribution in [0.2, 0.25) is 0 Å². The number of nitrogens with two attached hydrogens (primary N) is 1. The number of nitrogen functional groups attached to an aromatic ring is 1. The van der Waals surface area contributed by atoms with Crippen molar-refractivity contribution in [3.63, 3.8) is 0 Å². The Hall–Kier alpha value is -1.82. The summed E-state index contributed by atoms with van der Waals surface area (Å²) >= 11 is 0. The van der Waals surface area contributed by atoms with Crippen molar-refractivity contribution < 1.29 is 9.90 Å². The Bertz CT molecular complexity index is 472. The first-order valence-electron chi connectivity index (χ1n) is 7.01. The Morgan fingerprint density at radius 1 is 1.55 bits per heavy atom. The summed E-state index contributed by atoms with van der Waals surface area (Å²) in [6.07, 6.45) is 3.92. The molecule has 1 fully saturated rings. The molecule has 0 aromatic carbocycles. The standard InChI is InChI=1S/C14H22N4O2/c1-10(9-18-4-2-3-5-18)7-16-13-12(15)6-11(8-17-13)14(19)20/h6,8,10H,2-5,7,9,15H2,1H3,(H,16,17)(H,19,20). The average Bonchev–Trinajstić information content (AvgIpc) is 2.90. The number of hydrogen-bond acceptors (Lipinski definition) is 5. The second-order valence-electron chi connectivity index (χ2n) is 5.46. The number of aromatic carboxylic acids is 1. The summed E-state index contributed by atoms with van der Waals surface area (Å²) < 4.78 is 0. The molecule has 20 heavy (non-hydrogen) atoms. The van der Waals surface area contributed by atoms with Crippen LogP contribution in [0, 0.1) is 5.92 Å². The molecule has 2 heterocycles. The van der Waals surface area contributed by atoms with Crippen LogP contribution < -0.4 is 11.1 Å². The van der Waals surface area contributed by atoms with E-state index >= 15 is 0 Å². The highest BCUT2D eigenvalue weighted by Gasteiger charge is 2.15. The molecule has 1 unspecified atom stereocenters. The zero-order valence-corrected chi connectivity index (χ0v) is 11.8. The molecule has 1 aromatic heterocycles.